The Balaban J connectivity index is 1.82. The van der Waals surface area contributed by atoms with E-state index >= 15 is 0 Å². The fraction of sp³-hybridized carbons (Fsp3) is 0.667. The van der Waals surface area contributed by atoms with E-state index < -0.39 is 5.97 Å². The van der Waals surface area contributed by atoms with Gasteiger partial charge in [0, 0.05) is 29.4 Å². The van der Waals surface area contributed by atoms with E-state index in [9.17, 15) is 4.79 Å². The van der Waals surface area contributed by atoms with Gasteiger partial charge in [-0.3, -0.25) is 4.90 Å². The Hall–Kier alpha value is -0.910. The fourth-order valence-corrected chi connectivity index (χ4v) is 3.53. The van der Waals surface area contributed by atoms with Crippen molar-refractivity contribution < 1.29 is 14.6 Å². The third-order valence-electron chi connectivity index (χ3n) is 3.44. The first-order valence-corrected chi connectivity index (χ1v) is 7.67. The number of carboxylic acid groups (broad SMARTS) is 1. The molecule has 0 atom stereocenters. The summed E-state index contributed by atoms with van der Waals surface area (Å²) in [4.78, 5) is 15.6. The number of carboxylic acids is 1. The maximum absolute atomic E-state index is 10.5. The van der Waals surface area contributed by atoms with Crippen LogP contribution in [0, 0.1) is 0 Å². The average Bonchev–Trinajstić information content (AvgIpc) is 2.72. The van der Waals surface area contributed by atoms with Gasteiger partial charge in [-0.25, -0.2) is 4.79 Å². The molecule has 1 N–H and O–H groups in total. The summed E-state index contributed by atoms with van der Waals surface area (Å²) in [5.41, 5.74) is -0.0977. The summed E-state index contributed by atoms with van der Waals surface area (Å²) in [6.45, 7) is 11.0. The molecule has 20 heavy (non-hydrogen) atoms. The molecule has 0 unspecified atom stereocenters. The zero-order valence-corrected chi connectivity index (χ0v) is 13.4. The molecule has 0 spiro atoms. The van der Waals surface area contributed by atoms with Gasteiger partial charge in [-0.1, -0.05) is 20.8 Å². The monoisotopic (exact) mass is 297 g/mol. The SMILES string of the molecule is CC1(OCC(=O)O)CN(Cc2ccc(C(C)(C)C)s2)C1. The van der Waals surface area contributed by atoms with Crippen LogP contribution in [-0.2, 0) is 21.5 Å². The van der Waals surface area contributed by atoms with E-state index in [4.69, 9.17) is 9.84 Å². The molecular formula is C15H23NO3S. The Bertz CT molecular complexity index is 484. The van der Waals surface area contributed by atoms with Crippen LogP contribution in [0.1, 0.15) is 37.4 Å². The Morgan fingerprint density at radius 3 is 2.60 bits per heavy atom. The Labute approximate surface area is 124 Å². The van der Waals surface area contributed by atoms with Crippen molar-refractivity contribution in [1.82, 2.24) is 4.90 Å². The van der Waals surface area contributed by atoms with Crippen LogP contribution in [0.2, 0.25) is 0 Å². The van der Waals surface area contributed by atoms with E-state index in [1.807, 2.05) is 18.3 Å². The lowest BCUT2D eigenvalue weighted by molar-refractivity contribution is -0.165. The summed E-state index contributed by atoms with van der Waals surface area (Å²) >= 11 is 1.86. The van der Waals surface area contributed by atoms with Gasteiger partial charge in [-0.2, -0.15) is 0 Å². The van der Waals surface area contributed by atoms with Crippen LogP contribution in [-0.4, -0.2) is 41.3 Å². The molecular weight excluding hydrogens is 274 g/mol. The van der Waals surface area contributed by atoms with E-state index in [1.54, 1.807) is 0 Å². The molecule has 1 aromatic heterocycles. The minimum Gasteiger partial charge on any atom is -0.480 e. The van der Waals surface area contributed by atoms with E-state index in [1.165, 1.54) is 9.75 Å². The topological polar surface area (TPSA) is 49.8 Å². The van der Waals surface area contributed by atoms with E-state index in [0.29, 0.717) is 0 Å². The largest absolute Gasteiger partial charge is 0.480 e. The van der Waals surface area contributed by atoms with Crippen molar-refractivity contribution in [1.29, 1.82) is 0 Å². The van der Waals surface area contributed by atoms with Gasteiger partial charge in [-0.15, -0.1) is 11.3 Å². The fourth-order valence-electron chi connectivity index (χ4n) is 2.43. The molecule has 1 fully saturated rings. The molecule has 0 aromatic carbocycles. The summed E-state index contributed by atoms with van der Waals surface area (Å²) in [7, 11) is 0. The molecule has 0 radical (unpaired) electrons. The minimum atomic E-state index is -0.905. The second kappa shape index (κ2) is 5.47. The molecule has 1 saturated heterocycles. The van der Waals surface area contributed by atoms with Crippen LogP contribution in [0.5, 0.6) is 0 Å². The van der Waals surface area contributed by atoms with E-state index in [0.717, 1.165) is 19.6 Å². The van der Waals surface area contributed by atoms with Crippen molar-refractivity contribution in [3.63, 3.8) is 0 Å². The number of ether oxygens (including phenoxy) is 1. The van der Waals surface area contributed by atoms with Crippen molar-refractivity contribution in [2.75, 3.05) is 19.7 Å². The first-order valence-electron chi connectivity index (χ1n) is 6.85. The van der Waals surface area contributed by atoms with Gasteiger partial charge >= 0.3 is 5.97 Å². The molecule has 1 aliphatic heterocycles. The molecule has 2 rings (SSSR count). The van der Waals surface area contributed by atoms with Gasteiger partial charge in [0.15, 0.2) is 0 Å². The smallest absolute Gasteiger partial charge is 0.329 e. The van der Waals surface area contributed by atoms with Crippen molar-refractivity contribution in [3.8, 4) is 0 Å². The van der Waals surface area contributed by atoms with Gasteiger partial charge in [0.2, 0.25) is 0 Å². The minimum absolute atomic E-state index is 0.205. The van der Waals surface area contributed by atoms with Crippen molar-refractivity contribution >= 4 is 17.3 Å². The number of aliphatic carboxylic acids is 1. The summed E-state index contributed by atoms with van der Waals surface area (Å²) in [5, 5.41) is 8.64. The highest BCUT2D eigenvalue weighted by atomic mass is 32.1. The van der Waals surface area contributed by atoms with Crippen LogP contribution in [0.4, 0.5) is 0 Å². The molecule has 0 aliphatic carbocycles. The van der Waals surface area contributed by atoms with Gasteiger partial charge in [0.25, 0.3) is 0 Å². The normalized spacial score (nSPS) is 18.8. The number of hydrogen-bond donors (Lipinski definition) is 1. The maximum atomic E-state index is 10.5. The molecule has 0 saturated carbocycles. The highest BCUT2D eigenvalue weighted by Gasteiger charge is 2.40. The van der Waals surface area contributed by atoms with Gasteiger partial charge in [0.1, 0.15) is 6.61 Å². The Morgan fingerprint density at radius 2 is 2.10 bits per heavy atom. The highest BCUT2D eigenvalue weighted by Crippen LogP contribution is 2.32. The molecule has 0 bridgehead atoms. The van der Waals surface area contributed by atoms with Gasteiger partial charge in [0.05, 0.1) is 5.60 Å². The molecule has 112 valence electrons. The summed E-state index contributed by atoms with van der Waals surface area (Å²) in [6.07, 6.45) is 0. The van der Waals surface area contributed by atoms with Crippen LogP contribution in [0.3, 0.4) is 0 Å². The summed E-state index contributed by atoms with van der Waals surface area (Å²) < 4.78 is 5.42. The average molecular weight is 297 g/mol. The van der Waals surface area contributed by atoms with E-state index in [2.05, 4.69) is 37.8 Å². The predicted octanol–water partition coefficient (Wildman–Crippen LogP) is 2.72. The van der Waals surface area contributed by atoms with Crippen molar-refractivity contribution in [2.24, 2.45) is 0 Å². The number of carbonyl (C=O) groups is 1. The zero-order chi connectivity index (χ0) is 15.0. The first-order chi connectivity index (χ1) is 9.18. The van der Waals surface area contributed by atoms with E-state index in [-0.39, 0.29) is 17.6 Å². The second-order valence-electron chi connectivity index (χ2n) is 6.79. The van der Waals surface area contributed by atoms with Gasteiger partial charge in [-0.05, 0) is 24.5 Å². The van der Waals surface area contributed by atoms with Crippen LogP contribution in [0.15, 0.2) is 12.1 Å². The van der Waals surface area contributed by atoms with Crippen molar-refractivity contribution in [2.45, 2.75) is 45.3 Å². The highest BCUT2D eigenvalue weighted by molar-refractivity contribution is 7.12. The molecule has 1 aromatic rings. The lowest BCUT2D eigenvalue weighted by Crippen LogP contribution is -2.61. The first kappa shape index (κ1) is 15.5. The number of likely N-dealkylation sites (tertiary alicyclic amines) is 1. The predicted molar refractivity (Wildman–Crippen MR) is 80.3 cm³/mol. The molecule has 0 amide bonds. The van der Waals surface area contributed by atoms with Crippen LogP contribution in [0.25, 0.3) is 0 Å². The molecule has 4 nitrogen and oxygen atoms in total. The number of thiophene rings is 1. The molecule has 2 heterocycles. The second-order valence-corrected chi connectivity index (χ2v) is 7.96. The quantitative estimate of drug-likeness (QED) is 0.908. The Morgan fingerprint density at radius 1 is 1.45 bits per heavy atom. The lowest BCUT2D eigenvalue weighted by Gasteiger charge is -2.47. The number of nitrogens with zero attached hydrogens (tertiary/aromatic N) is 1. The van der Waals surface area contributed by atoms with Crippen LogP contribution < -0.4 is 0 Å². The Kier molecular flexibility index (Phi) is 4.23. The van der Waals surface area contributed by atoms with Gasteiger partial charge < -0.3 is 9.84 Å². The van der Waals surface area contributed by atoms with Crippen molar-refractivity contribution in [3.05, 3.63) is 21.9 Å². The number of rotatable bonds is 5. The lowest BCUT2D eigenvalue weighted by atomic mass is 9.95. The molecule has 5 heteroatoms. The third-order valence-corrected chi connectivity index (χ3v) is 4.94. The summed E-state index contributed by atoms with van der Waals surface area (Å²) in [6, 6.07) is 4.40. The van der Waals surface area contributed by atoms with Crippen LogP contribution >= 0.6 is 11.3 Å². The summed E-state index contributed by atoms with van der Waals surface area (Å²) in [5.74, 6) is -0.905. The third kappa shape index (κ3) is 3.81. The maximum Gasteiger partial charge on any atom is 0.329 e. The zero-order valence-electron chi connectivity index (χ0n) is 12.6. The standard InChI is InChI=1S/C15H23NO3S/c1-14(2,3)12-6-5-11(20-12)7-16-9-15(4,10-16)19-8-13(17)18/h5-6H,7-10H2,1-4H3,(H,17,18). The molecule has 1 aliphatic rings. The number of hydrogen-bond acceptors (Lipinski definition) is 4.